The largest absolute Gasteiger partial charge is 0.449 e. The number of amides is 2. The van der Waals surface area contributed by atoms with Crippen molar-refractivity contribution in [2.24, 2.45) is 0 Å². The summed E-state index contributed by atoms with van der Waals surface area (Å²) in [6, 6.07) is 28.0. The fourth-order valence-corrected chi connectivity index (χ4v) is 3.68. The van der Waals surface area contributed by atoms with Gasteiger partial charge in [-0.2, -0.15) is 0 Å². The lowest BCUT2D eigenvalue weighted by Gasteiger charge is -2.17. The van der Waals surface area contributed by atoms with Crippen LogP contribution in [0, 0.1) is 0 Å². The molecule has 0 aliphatic carbocycles. The summed E-state index contributed by atoms with van der Waals surface area (Å²) >= 11 is 0. The summed E-state index contributed by atoms with van der Waals surface area (Å²) in [6.45, 7) is 2.88. The van der Waals surface area contributed by atoms with Crippen LogP contribution in [-0.4, -0.2) is 23.9 Å². The van der Waals surface area contributed by atoms with Gasteiger partial charge < -0.3 is 15.4 Å². The Morgan fingerprint density at radius 2 is 1.35 bits per heavy atom. The smallest absolute Gasteiger partial charge is 0.341 e. The molecule has 0 radical (unpaired) electrons. The molecule has 4 rings (SSSR count). The number of hydrogen-bond donors (Lipinski definition) is 2. The van der Waals surface area contributed by atoms with Crippen LogP contribution in [0.2, 0.25) is 0 Å². The second-order valence-corrected chi connectivity index (χ2v) is 7.87. The van der Waals surface area contributed by atoms with Gasteiger partial charge in [0.05, 0.1) is 11.3 Å². The van der Waals surface area contributed by atoms with Gasteiger partial charge in [0.15, 0.2) is 6.10 Å². The third-order valence-electron chi connectivity index (χ3n) is 5.34. The monoisotopic (exact) mass is 452 g/mol. The van der Waals surface area contributed by atoms with Gasteiger partial charge in [-0.15, -0.1) is 0 Å². The van der Waals surface area contributed by atoms with Gasteiger partial charge in [0.2, 0.25) is 5.91 Å². The minimum absolute atomic E-state index is 0.179. The minimum Gasteiger partial charge on any atom is -0.449 e. The summed E-state index contributed by atoms with van der Waals surface area (Å²) in [6.07, 6.45) is -1.06. The summed E-state index contributed by atoms with van der Waals surface area (Å²) in [4.78, 5) is 37.6. The standard InChI is InChI=1S/C28H24N2O4/c1-18(27(32)30-25-15-9-8-14-23(25)20-10-4-3-5-11-20)34-28(33)24-16-21-12-6-7-13-22(21)17-26(24)29-19(2)31/h3-18H,1-2H3,(H,29,31)(H,30,32). The maximum atomic E-state index is 13.0. The van der Waals surface area contributed by atoms with E-state index >= 15 is 0 Å². The van der Waals surface area contributed by atoms with Crippen molar-refractivity contribution in [3.8, 4) is 11.1 Å². The molecule has 0 heterocycles. The van der Waals surface area contributed by atoms with Gasteiger partial charge in [0.1, 0.15) is 0 Å². The zero-order valence-corrected chi connectivity index (χ0v) is 18.9. The van der Waals surface area contributed by atoms with Gasteiger partial charge in [-0.05, 0) is 41.5 Å². The lowest BCUT2D eigenvalue weighted by molar-refractivity contribution is -0.123. The van der Waals surface area contributed by atoms with Gasteiger partial charge in [0.25, 0.3) is 5.91 Å². The molecule has 170 valence electrons. The number of anilines is 2. The first kappa shape index (κ1) is 22.7. The number of carbonyl (C=O) groups excluding carboxylic acids is 3. The number of benzene rings is 4. The SMILES string of the molecule is CC(=O)Nc1cc2ccccc2cc1C(=O)OC(C)C(=O)Nc1ccccc1-c1ccccc1. The van der Waals surface area contributed by atoms with Gasteiger partial charge in [-0.3, -0.25) is 9.59 Å². The highest BCUT2D eigenvalue weighted by Crippen LogP contribution is 2.28. The quantitative estimate of drug-likeness (QED) is 0.370. The topological polar surface area (TPSA) is 84.5 Å². The normalized spacial score (nSPS) is 11.5. The van der Waals surface area contributed by atoms with E-state index in [0.29, 0.717) is 11.4 Å². The van der Waals surface area contributed by atoms with Crippen LogP contribution < -0.4 is 10.6 Å². The summed E-state index contributed by atoms with van der Waals surface area (Å²) in [5.74, 6) is -1.47. The molecular weight excluding hydrogens is 428 g/mol. The molecule has 4 aromatic rings. The number of rotatable bonds is 6. The summed E-state index contributed by atoms with van der Waals surface area (Å²) in [7, 11) is 0. The predicted octanol–water partition coefficient (Wildman–Crippen LogP) is 5.65. The van der Waals surface area contributed by atoms with E-state index in [4.69, 9.17) is 4.74 Å². The zero-order valence-electron chi connectivity index (χ0n) is 18.9. The van der Waals surface area contributed by atoms with Crippen LogP contribution in [0.5, 0.6) is 0 Å². The van der Waals surface area contributed by atoms with Crippen LogP contribution in [0.4, 0.5) is 11.4 Å². The molecule has 0 fully saturated rings. The summed E-state index contributed by atoms with van der Waals surface area (Å²) < 4.78 is 5.48. The van der Waals surface area contributed by atoms with Crippen molar-refractivity contribution in [1.29, 1.82) is 0 Å². The number of para-hydroxylation sites is 1. The Labute approximate surface area is 197 Å². The number of fused-ring (bicyclic) bond motifs is 1. The van der Waals surface area contributed by atoms with E-state index < -0.39 is 18.0 Å². The Bertz CT molecular complexity index is 1370. The zero-order chi connectivity index (χ0) is 24.1. The third kappa shape index (κ3) is 5.13. The summed E-state index contributed by atoms with van der Waals surface area (Å²) in [5.41, 5.74) is 2.94. The average molecular weight is 453 g/mol. The Kier molecular flexibility index (Phi) is 6.69. The highest BCUT2D eigenvalue weighted by Gasteiger charge is 2.22. The molecule has 0 saturated carbocycles. The first-order valence-corrected chi connectivity index (χ1v) is 10.9. The van der Waals surface area contributed by atoms with Crippen molar-refractivity contribution in [1.82, 2.24) is 0 Å². The van der Waals surface area contributed by atoms with Crippen LogP contribution in [0.25, 0.3) is 21.9 Å². The molecule has 2 amide bonds. The Balaban J connectivity index is 1.54. The molecule has 1 unspecified atom stereocenters. The number of esters is 1. The molecule has 0 saturated heterocycles. The van der Waals surface area contributed by atoms with Gasteiger partial charge >= 0.3 is 5.97 Å². The Morgan fingerprint density at radius 3 is 2.06 bits per heavy atom. The maximum absolute atomic E-state index is 13.0. The summed E-state index contributed by atoms with van der Waals surface area (Å²) in [5, 5.41) is 7.21. The first-order chi connectivity index (χ1) is 16.4. The molecule has 0 spiro atoms. The van der Waals surface area contributed by atoms with Crippen molar-refractivity contribution in [2.75, 3.05) is 10.6 Å². The number of carbonyl (C=O) groups is 3. The van der Waals surface area contributed by atoms with Crippen molar-refractivity contribution in [3.05, 3.63) is 96.6 Å². The first-order valence-electron chi connectivity index (χ1n) is 10.9. The lowest BCUT2D eigenvalue weighted by Crippen LogP contribution is -2.30. The second-order valence-electron chi connectivity index (χ2n) is 7.87. The molecule has 4 aromatic carbocycles. The Morgan fingerprint density at radius 1 is 0.735 bits per heavy atom. The predicted molar refractivity (Wildman–Crippen MR) is 134 cm³/mol. The number of nitrogens with one attached hydrogen (secondary N) is 2. The van der Waals surface area contributed by atoms with E-state index in [1.54, 1.807) is 18.2 Å². The van der Waals surface area contributed by atoms with E-state index in [0.717, 1.165) is 21.9 Å². The average Bonchev–Trinajstić information content (AvgIpc) is 2.84. The molecule has 0 bridgehead atoms. The van der Waals surface area contributed by atoms with E-state index in [1.165, 1.54) is 13.8 Å². The fourth-order valence-electron chi connectivity index (χ4n) is 3.68. The van der Waals surface area contributed by atoms with Crippen LogP contribution in [0.15, 0.2) is 91.0 Å². The number of ether oxygens (including phenoxy) is 1. The van der Waals surface area contributed by atoms with E-state index in [2.05, 4.69) is 10.6 Å². The second kappa shape index (κ2) is 10.0. The molecular formula is C28H24N2O4. The number of hydrogen-bond acceptors (Lipinski definition) is 4. The van der Waals surface area contributed by atoms with E-state index in [9.17, 15) is 14.4 Å². The van der Waals surface area contributed by atoms with E-state index in [-0.39, 0.29) is 11.5 Å². The minimum atomic E-state index is -1.06. The highest BCUT2D eigenvalue weighted by atomic mass is 16.5. The van der Waals surface area contributed by atoms with Crippen molar-refractivity contribution < 1.29 is 19.1 Å². The molecule has 34 heavy (non-hydrogen) atoms. The lowest BCUT2D eigenvalue weighted by atomic mass is 10.0. The van der Waals surface area contributed by atoms with Gasteiger partial charge in [-0.25, -0.2) is 4.79 Å². The van der Waals surface area contributed by atoms with Gasteiger partial charge in [0, 0.05) is 18.2 Å². The van der Waals surface area contributed by atoms with Crippen LogP contribution in [0.1, 0.15) is 24.2 Å². The van der Waals surface area contributed by atoms with Crippen LogP contribution in [0.3, 0.4) is 0 Å². The van der Waals surface area contributed by atoms with Crippen molar-refractivity contribution in [3.63, 3.8) is 0 Å². The van der Waals surface area contributed by atoms with Crippen molar-refractivity contribution >= 4 is 39.9 Å². The van der Waals surface area contributed by atoms with Crippen molar-refractivity contribution in [2.45, 2.75) is 20.0 Å². The molecule has 6 heteroatoms. The maximum Gasteiger partial charge on any atom is 0.341 e. The van der Waals surface area contributed by atoms with Crippen LogP contribution >= 0.6 is 0 Å². The van der Waals surface area contributed by atoms with Crippen LogP contribution in [-0.2, 0) is 14.3 Å². The molecule has 0 aliphatic rings. The fraction of sp³-hybridized carbons (Fsp3) is 0.107. The third-order valence-corrected chi connectivity index (χ3v) is 5.34. The van der Waals surface area contributed by atoms with E-state index in [1.807, 2.05) is 72.8 Å². The Hall–Kier alpha value is -4.45. The molecule has 0 aliphatic heterocycles. The molecule has 6 nitrogen and oxygen atoms in total. The highest BCUT2D eigenvalue weighted by molar-refractivity contribution is 6.06. The van der Waals surface area contributed by atoms with Gasteiger partial charge in [-0.1, -0.05) is 72.8 Å². The molecule has 1 atom stereocenters. The molecule has 2 N–H and O–H groups in total. The molecule has 0 aromatic heterocycles.